The van der Waals surface area contributed by atoms with Gasteiger partial charge in [0, 0.05) is 39.6 Å². The lowest BCUT2D eigenvalue weighted by Gasteiger charge is -2.58. The summed E-state index contributed by atoms with van der Waals surface area (Å²) in [6.45, 7) is 7.78. The van der Waals surface area contributed by atoms with Gasteiger partial charge in [0.1, 0.15) is 0 Å². The fourth-order valence-corrected chi connectivity index (χ4v) is 10.4. The fourth-order valence-electron chi connectivity index (χ4n) is 10.4. The average molecular weight is 581 g/mol. The maximum Gasteiger partial charge on any atom is 0.0577 e. The van der Waals surface area contributed by atoms with Crippen LogP contribution in [0.25, 0.3) is 5.57 Å². The van der Waals surface area contributed by atoms with E-state index in [1.807, 2.05) is 0 Å². The highest BCUT2D eigenvalue weighted by Crippen LogP contribution is 2.67. The number of anilines is 2. The molecular formula is C40H56N2O. The summed E-state index contributed by atoms with van der Waals surface area (Å²) < 4.78 is 0. The zero-order valence-corrected chi connectivity index (χ0v) is 27.9. The van der Waals surface area contributed by atoms with Gasteiger partial charge in [-0.15, -0.1) is 0 Å². The van der Waals surface area contributed by atoms with E-state index in [1.54, 1.807) is 5.57 Å². The highest BCUT2D eigenvalue weighted by Gasteiger charge is 2.59. The molecular weight excluding hydrogens is 524 g/mol. The van der Waals surface area contributed by atoms with Crippen molar-refractivity contribution < 1.29 is 5.11 Å². The minimum Gasteiger partial charge on any atom is -0.393 e. The molecule has 4 aliphatic rings. The van der Waals surface area contributed by atoms with Crippen LogP contribution in [0.2, 0.25) is 0 Å². The number of aliphatic hydroxyl groups is 1. The molecule has 6 rings (SSSR count). The Morgan fingerprint density at radius 3 is 2.02 bits per heavy atom. The van der Waals surface area contributed by atoms with Crippen LogP contribution in [-0.2, 0) is 0 Å². The molecule has 232 valence electrons. The molecule has 2 aromatic carbocycles. The van der Waals surface area contributed by atoms with Crippen molar-refractivity contribution in [2.45, 2.75) is 84.7 Å². The Balaban J connectivity index is 1.24. The Hall–Kier alpha value is -2.52. The van der Waals surface area contributed by atoms with E-state index in [4.69, 9.17) is 0 Å². The largest absolute Gasteiger partial charge is 0.393 e. The zero-order chi connectivity index (χ0) is 30.5. The summed E-state index contributed by atoms with van der Waals surface area (Å²) in [6.07, 6.45) is 16.1. The second-order valence-electron chi connectivity index (χ2n) is 15.6. The van der Waals surface area contributed by atoms with Gasteiger partial charge in [-0.1, -0.05) is 62.8 Å². The number of benzene rings is 2. The molecule has 0 heterocycles. The smallest absolute Gasteiger partial charge is 0.0577 e. The van der Waals surface area contributed by atoms with Gasteiger partial charge in [0.2, 0.25) is 0 Å². The number of allylic oxidation sites excluding steroid dienone is 2. The number of hydrogen-bond acceptors (Lipinski definition) is 3. The molecule has 0 aromatic heterocycles. The van der Waals surface area contributed by atoms with E-state index in [0.29, 0.717) is 16.7 Å². The van der Waals surface area contributed by atoms with Gasteiger partial charge >= 0.3 is 0 Å². The highest BCUT2D eigenvalue weighted by molar-refractivity contribution is 5.81. The van der Waals surface area contributed by atoms with E-state index in [1.165, 1.54) is 66.6 Å². The summed E-state index contributed by atoms with van der Waals surface area (Å²) in [5.74, 6) is 3.94. The first kappa shape index (κ1) is 30.5. The molecule has 0 radical (unpaired) electrons. The Kier molecular flexibility index (Phi) is 8.35. The van der Waals surface area contributed by atoms with Crippen molar-refractivity contribution in [2.75, 3.05) is 38.0 Å². The molecule has 8 atom stereocenters. The monoisotopic (exact) mass is 580 g/mol. The molecule has 0 amide bonds. The number of nitrogens with zero attached hydrogens (tertiary/aromatic N) is 2. The Morgan fingerprint density at radius 1 is 0.837 bits per heavy atom. The van der Waals surface area contributed by atoms with Crippen LogP contribution in [-0.4, -0.2) is 39.4 Å². The van der Waals surface area contributed by atoms with Gasteiger partial charge in [0.05, 0.1) is 6.10 Å². The molecule has 0 spiro atoms. The Bertz CT molecular complexity index is 1280. The van der Waals surface area contributed by atoms with E-state index >= 15 is 0 Å². The number of hydrogen-bond donors (Lipinski definition) is 1. The van der Waals surface area contributed by atoms with Gasteiger partial charge in [-0.2, -0.15) is 0 Å². The molecule has 0 unspecified atom stereocenters. The molecule has 2 aromatic rings. The first-order valence-electron chi connectivity index (χ1n) is 17.1. The molecule has 4 aliphatic carbocycles. The topological polar surface area (TPSA) is 26.7 Å². The molecule has 3 nitrogen and oxygen atoms in total. The van der Waals surface area contributed by atoms with Crippen molar-refractivity contribution in [3.63, 3.8) is 0 Å². The van der Waals surface area contributed by atoms with Gasteiger partial charge < -0.3 is 14.9 Å². The van der Waals surface area contributed by atoms with Crippen LogP contribution in [0.1, 0.15) is 89.7 Å². The third-order valence-electron chi connectivity index (χ3n) is 12.9. The van der Waals surface area contributed by atoms with Gasteiger partial charge in [-0.3, -0.25) is 0 Å². The minimum atomic E-state index is -0.115. The molecule has 0 aliphatic heterocycles. The molecule has 3 saturated carbocycles. The SMILES string of the molecule is C[C@@H](CC=C(c1ccc(N(C)C)cc1)c1ccc(N(C)C)cc1)[C@@H]1CC[C@@H]2[C@H]3CC=C4C[C@@H](O)CC[C@]4(C)[C@@H]3CC[C@]21C. The lowest BCUT2D eigenvalue weighted by Crippen LogP contribution is -2.50. The van der Waals surface area contributed by atoms with Crippen LogP contribution in [0.15, 0.2) is 66.3 Å². The number of fused-ring (bicyclic) bond motifs is 5. The van der Waals surface area contributed by atoms with Crippen LogP contribution < -0.4 is 9.80 Å². The van der Waals surface area contributed by atoms with Crippen molar-refractivity contribution in [1.82, 2.24) is 0 Å². The predicted molar refractivity (Wildman–Crippen MR) is 184 cm³/mol. The van der Waals surface area contributed by atoms with E-state index < -0.39 is 0 Å². The third kappa shape index (κ3) is 5.49. The van der Waals surface area contributed by atoms with Gasteiger partial charge in [0.15, 0.2) is 0 Å². The summed E-state index contributed by atoms with van der Waals surface area (Å²) in [6, 6.07) is 18.2. The molecule has 43 heavy (non-hydrogen) atoms. The van der Waals surface area contributed by atoms with Crippen LogP contribution >= 0.6 is 0 Å². The predicted octanol–water partition coefficient (Wildman–Crippen LogP) is 9.22. The number of rotatable bonds is 7. The van der Waals surface area contributed by atoms with E-state index in [0.717, 1.165) is 42.9 Å². The molecule has 0 saturated heterocycles. The molecule has 3 heteroatoms. The normalized spacial score (nSPS) is 33.9. The standard InChI is InChI=1S/C40H56N2O/c1-27(8-18-34(28-9-14-31(15-10-28)41(4)5)29-11-16-32(17-12-29)42(6)7)36-20-21-37-35-19-13-30-26-33(43)22-24-39(30,2)38(35)23-25-40(36,37)3/h9-18,27,33,35-38,43H,8,19-26H2,1-7H3/t27-,33-,35+,36-,37+,38+,39-,40-/m0/s1. The quantitative estimate of drug-likeness (QED) is 0.331. The van der Waals surface area contributed by atoms with Crippen molar-refractivity contribution in [2.24, 2.45) is 40.4 Å². The van der Waals surface area contributed by atoms with Gasteiger partial charge in [-0.25, -0.2) is 0 Å². The van der Waals surface area contributed by atoms with Crippen molar-refractivity contribution >= 4 is 16.9 Å². The molecule has 0 bridgehead atoms. The average Bonchev–Trinajstić information content (AvgIpc) is 3.35. The minimum absolute atomic E-state index is 0.115. The molecule has 3 fully saturated rings. The van der Waals surface area contributed by atoms with Gasteiger partial charge in [0.25, 0.3) is 0 Å². The Morgan fingerprint density at radius 2 is 1.44 bits per heavy atom. The first-order valence-corrected chi connectivity index (χ1v) is 17.1. The summed E-state index contributed by atoms with van der Waals surface area (Å²) in [5, 5.41) is 10.4. The van der Waals surface area contributed by atoms with Gasteiger partial charge in [-0.05, 0) is 139 Å². The van der Waals surface area contributed by atoms with Crippen molar-refractivity contribution in [3.8, 4) is 0 Å². The summed E-state index contributed by atoms with van der Waals surface area (Å²) in [5.41, 5.74) is 8.83. The Labute approximate surface area is 262 Å². The van der Waals surface area contributed by atoms with Crippen molar-refractivity contribution in [3.05, 3.63) is 77.4 Å². The fraction of sp³-hybridized carbons (Fsp3) is 0.600. The summed E-state index contributed by atoms with van der Waals surface area (Å²) in [7, 11) is 8.44. The number of aliphatic hydroxyl groups excluding tert-OH is 1. The second kappa shape index (κ2) is 11.8. The van der Waals surface area contributed by atoms with E-state index in [9.17, 15) is 5.11 Å². The first-order chi connectivity index (χ1) is 20.5. The second-order valence-corrected chi connectivity index (χ2v) is 15.6. The maximum absolute atomic E-state index is 10.4. The summed E-state index contributed by atoms with van der Waals surface area (Å²) >= 11 is 0. The lowest BCUT2D eigenvalue weighted by molar-refractivity contribution is -0.0565. The lowest BCUT2D eigenvalue weighted by atomic mass is 9.47. The highest BCUT2D eigenvalue weighted by atomic mass is 16.3. The van der Waals surface area contributed by atoms with Crippen LogP contribution in [0, 0.1) is 40.4 Å². The van der Waals surface area contributed by atoms with E-state index in [2.05, 4.69) is 119 Å². The van der Waals surface area contributed by atoms with Crippen LogP contribution in [0.5, 0.6) is 0 Å². The van der Waals surface area contributed by atoms with Crippen LogP contribution in [0.4, 0.5) is 11.4 Å². The van der Waals surface area contributed by atoms with Crippen LogP contribution in [0.3, 0.4) is 0 Å². The van der Waals surface area contributed by atoms with Crippen molar-refractivity contribution in [1.29, 1.82) is 0 Å². The summed E-state index contributed by atoms with van der Waals surface area (Å²) in [4.78, 5) is 4.35. The molecule has 1 N–H and O–H groups in total. The maximum atomic E-state index is 10.4. The third-order valence-corrected chi connectivity index (χ3v) is 12.9. The van der Waals surface area contributed by atoms with E-state index in [-0.39, 0.29) is 6.10 Å². The zero-order valence-electron chi connectivity index (χ0n) is 27.9.